The van der Waals surface area contributed by atoms with Crippen LogP contribution in [0.4, 0.5) is 5.69 Å². The van der Waals surface area contributed by atoms with Gasteiger partial charge in [-0.3, -0.25) is 4.79 Å². The van der Waals surface area contributed by atoms with Crippen molar-refractivity contribution in [2.75, 3.05) is 38.6 Å². The van der Waals surface area contributed by atoms with Gasteiger partial charge >= 0.3 is 0 Å². The van der Waals surface area contributed by atoms with Crippen molar-refractivity contribution in [2.24, 2.45) is 5.92 Å². The zero-order valence-electron chi connectivity index (χ0n) is 13.5. The lowest BCUT2D eigenvalue weighted by Gasteiger charge is -2.33. The number of aliphatic hydroxyl groups is 1. The normalized spacial score (nSPS) is 18.0. The van der Waals surface area contributed by atoms with Gasteiger partial charge in [0, 0.05) is 23.8 Å². The molecule has 1 fully saturated rings. The van der Waals surface area contributed by atoms with Gasteiger partial charge in [0.2, 0.25) is 0 Å². The molecular weight excluding hydrogens is 278 g/mol. The first kappa shape index (κ1) is 16.8. The zero-order chi connectivity index (χ0) is 15.9. The summed E-state index contributed by atoms with van der Waals surface area (Å²) in [5.74, 6) is 0.521. The van der Waals surface area contributed by atoms with Gasteiger partial charge in [-0.15, -0.1) is 0 Å². The molecule has 22 heavy (non-hydrogen) atoms. The molecule has 0 radical (unpaired) electrons. The Hall–Kier alpha value is -1.59. The SMILES string of the molecule is CC(Nc1cccc(C(=O)NCCO)c1)C1CCN(C)CC1. The predicted molar refractivity (Wildman–Crippen MR) is 89.2 cm³/mol. The molecule has 122 valence electrons. The summed E-state index contributed by atoms with van der Waals surface area (Å²) < 4.78 is 0. The number of aliphatic hydroxyl groups excluding tert-OH is 1. The second-order valence-electron chi connectivity index (χ2n) is 6.13. The Morgan fingerprint density at radius 2 is 2.14 bits per heavy atom. The van der Waals surface area contributed by atoms with Gasteiger partial charge in [0.05, 0.1) is 6.61 Å². The van der Waals surface area contributed by atoms with E-state index >= 15 is 0 Å². The van der Waals surface area contributed by atoms with E-state index in [2.05, 4.69) is 29.5 Å². The molecule has 2 rings (SSSR count). The fraction of sp³-hybridized carbons (Fsp3) is 0.588. The van der Waals surface area contributed by atoms with E-state index in [0.29, 0.717) is 17.5 Å². The van der Waals surface area contributed by atoms with Crippen molar-refractivity contribution in [2.45, 2.75) is 25.8 Å². The van der Waals surface area contributed by atoms with E-state index in [4.69, 9.17) is 5.11 Å². The molecule has 0 aliphatic carbocycles. The van der Waals surface area contributed by atoms with E-state index in [1.165, 1.54) is 12.8 Å². The van der Waals surface area contributed by atoms with Crippen LogP contribution in [0.1, 0.15) is 30.1 Å². The fourth-order valence-corrected chi connectivity index (χ4v) is 2.93. The Kier molecular flexibility index (Phi) is 6.21. The summed E-state index contributed by atoms with van der Waals surface area (Å²) in [7, 11) is 2.17. The molecule has 0 aromatic heterocycles. The molecular formula is C17H27N3O2. The third kappa shape index (κ3) is 4.71. The Morgan fingerprint density at radius 1 is 1.41 bits per heavy atom. The van der Waals surface area contributed by atoms with Crippen molar-refractivity contribution < 1.29 is 9.90 Å². The van der Waals surface area contributed by atoms with E-state index in [1.54, 1.807) is 6.07 Å². The molecule has 1 unspecified atom stereocenters. The molecule has 0 spiro atoms. The number of hydrogen-bond acceptors (Lipinski definition) is 4. The van der Waals surface area contributed by atoms with Crippen molar-refractivity contribution in [3.63, 3.8) is 0 Å². The van der Waals surface area contributed by atoms with Gasteiger partial charge in [-0.2, -0.15) is 0 Å². The van der Waals surface area contributed by atoms with Gasteiger partial charge in [-0.1, -0.05) is 6.07 Å². The molecule has 1 saturated heterocycles. The van der Waals surface area contributed by atoms with Gasteiger partial charge in [-0.05, 0) is 64.0 Å². The largest absolute Gasteiger partial charge is 0.395 e. The standard InChI is InChI=1S/C17H27N3O2/c1-13(14-6-9-20(2)10-7-14)19-16-5-3-4-15(12-16)17(22)18-8-11-21/h3-5,12-14,19,21H,6-11H2,1-2H3,(H,18,22). The van der Waals surface area contributed by atoms with Crippen LogP contribution >= 0.6 is 0 Å². The van der Waals surface area contributed by atoms with Crippen LogP contribution in [0.25, 0.3) is 0 Å². The second kappa shape index (κ2) is 8.15. The molecule has 1 heterocycles. The first-order valence-electron chi connectivity index (χ1n) is 8.04. The topological polar surface area (TPSA) is 64.6 Å². The second-order valence-corrected chi connectivity index (χ2v) is 6.13. The average molecular weight is 305 g/mol. The minimum absolute atomic E-state index is 0.0448. The maximum absolute atomic E-state index is 11.9. The first-order valence-corrected chi connectivity index (χ1v) is 8.04. The van der Waals surface area contributed by atoms with Gasteiger partial charge in [0.1, 0.15) is 0 Å². The number of hydrogen-bond donors (Lipinski definition) is 3. The quantitative estimate of drug-likeness (QED) is 0.746. The summed E-state index contributed by atoms with van der Waals surface area (Å²) in [5, 5.41) is 15.0. The summed E-state index contributed by atoms with van der Waals surface area (Å²) in [6.07, 6.45) is 2.42. The van der Waals surface area contributed by atoms with Gasteiger partial charge < -0.3 is 20.6 Å². The molecule has 1 amide bonds. The molecule has 0 saturated carbocycles. The summed E-state index contributed by atoms with van der Waals surface area (Å²) in [4.78, 5) is 14.3. The maximum atomic E-state index is 11.9. The van der Waals surface area contributed by atoms with Crippen LogP contribution < -0.4 is 10.6 Å². The summed E-state index contributed by atoms with van der Waals surface area (Å²) in [5.41, 5.74) is 1.59. The highest BCUT2D eigenvalue weighted by Gasteiger charge is 2.22. The monoisotopic (exact) mass is 305 g/mol. The minimum Gasteiger partial charge on any atom is -0.395 e. The number of benzene rings is 1. The van der Waals surface area contributed by atoms with Crippen molar-refractivity contribution in [3.8, 4) is 0 Å². The smallest absolute Gasteiger partial charge is 0.251 e. The third-order valence-electron chi connectivity index (χ3n) is 4.39. The van der Waals surface area contributed by atoms with Crippen LogP contribution in [-0.4, -0.2) is 55.2 Å². The Bertz CT molecular complexity index is 485. The van der Waals surface area contributed by atoms with E-state index in [0.717, 1.165) is 18.8 Å². The Balaban J connectivity index is 1.93. The van der Waals surface area contributed by atoms with Crippen LogP contribution in [0.2, 0.25) is 0 Å². The summed E-state index contributed by atoms with van der Waals surface area (Å²) >= 11 is 0. The molecule has 1 atom stereocenters. The summed E-state index contributed by atoms with van der Waals surface area (Å²) in [6, 6.07) is 7.94. The number of anilines is 1. The number of likely N-dealkylation sites (tertiary alicyclic amines) is 1. The predicted octanol–water partition coefficient (Wildman–Crippen LogP) is 1.55. The van der Waals surface area contributed by atoms with E-state index in [9.17, 15) is 4.79 Å². The van der Waals surface area contributed by atoms with Crippen molar-refractivity contribution in [1.82, 2.24) is 10.2 Å². The maximum Gasteiger partial charge on any atom is 0.251 e. The highest BCUT2D eigenvalue weighted by molar-refractivity contribution is 5.95. The number of carbonyl (C=O) groups is 1. The number of nitrogens with zero attached hydrogens (tertiary/aromatic N) is 1. The van der Waals surface area contributed by atoms with Crippen LogP contribution in [-0.2, 0) is 0 Å². The molecule has 5 nitrogen and oxygen atoms in total. The Morgan fingerprint density at radius 3 is 2.82 bits per heavy atom. The lowest BCUT2D eigenvalue weighted by molar-refractivity contribution is 0.0945. The van der Waals surface area contributed by atoms with Crippen molar-refractivity contribution in [3.05, 3.63) is 29.8 Å². The van der Waals surface area contributed by atoms with Crippen LogP contribution in [0.15, 0.2) is 24.3 Å². The van der Waals surface area contributed by atoms with E-state index in [1.807, 2.05) is 18.2 Å². The minimum atomic E-state index is -0.148. The molecule has 3 N–H and O–H groups in total. The van der Waals surface area contributed by atoms with Crippen LogP contribution in [0.3, 0.4) is 0 Å². The average Bonchev–Trinajstić information content (AvgIpc) is 2.53. The zero-order valence-corrected chi connectivity index (χ0v) is 13.5. The van der Waals surface area contributed by atoms with E-state index in [-0.39, 0.29) is 19.1 Å². The first-order chi connectivity index (χ1) is 10.6. The van der Waals surface area contributed by atoms with E-state index < -0.39 is 0 Å². The van der Waals surface area contributed by atoms with Crippen molar-refractivity contribution in [1.29, 1.82) is 0 Å². The highest BCUT2D eigenvalue weighted by Crippen LogP contribution is 2.23. The highest BCUT2D eigenvalue weighted by atomic mass is 16.3. The molecule has 1 aliphatic rings. The van der Waals surface area contributed by atoms with Crippen LogP contribution in [0.5, 0.6) is 0 Å². The Labute approximate surface area is 132 Å². The molecule has 1 aliphatic heterocycles. The lowest BCUT2D eigenvalue weighted by Crippen LogP contribution is -2.37. The molecule has 5 heteroatoms. The van der Waals surface area contributed by atoms with Gasteiger partial charge in [0.25, 0.3) is 5.91 Å². The number of amides is 1. The third-order valence-corrected chi connectivity index (χ3v) is 4.39. The molecule has 1 aromatic rings. The van der Waals surface area contributed by atoms with Crippen LogP contribution in [0, 0.1) is 5.92 Å². The van der Waals surface area contributed by atoms with Gasteiger partial charge in [-0.25, -0.2) is 0 Å². The number of nitrogens with one attached hydrogen (secondary N) is 2. The van der Waals surface area contributed by atoms with Crippen molar-refractivity contribution >= 4 is 11.6 Å². The molecule has 0 bridgehead atoms. The van der Waals surface area contributed by atoms with Gasteiger partial charge in [0.15, 0.2) is 0 Å². The number of piperidine rings is 1. The summed E-state index contributed by atoms with van der Waals surface area (Å²) in [6.45, 7) is 4.76. The lowest BCUT2D eigenvalue weighted by atomic mass is 9.90. The number of carbonyl (C=O) groups excluding carboxylic acids is 1. The fourth-order valence-electron chi connectivity index (χ4n) is 2.93. The number of rotatable bonds is 6. The molecule has 1 aromatic carbocycles.